The highest BCUT2D eigenvalue weighted by atomic mass is 35.5. The van der Waals surface area contributed by atoms with Crippen LogP contribution >= 0.6 is 11.6 Å². The van der Waals surface area contributed by atoms with E-state index in [1.165, 1.54) is 0 Å². The zero-order valence-corrected chi connectivity index (χ0v) is 13.0. The standard InChI is InChI=1S/C16H17ClN4O/c1-20-14-11-13(17)5-4-12(14)10-15(20)16(22)18-6-2-8-21-9-3-7-19-21/h3-5,7,9-11H,2,6,8H2,1H3,(H,18,22). The molecule has 6 heteroatoms. The number of fused-ring (bicyclic) bond motifs is 1. The second-order valence-electron chi connectivity index (χ2n) is 5.17. The lowest BCUT2D eigenvalue weighted by Gasteiger charge is -2.07. The Morgan fingerprint density at radius 1 is 1.36 bits per heavy atom. The van der Waals surface area contributed by atoms with Gasteiger partial charge in [-0.05, 0) is 30.7 Å². The fourth-order valence-electron chi connectivity index (χ4n) is 2.49. The van der Waals surface area contributed by atoms with Crippen molar-refractivity contribution in [3.63, 3.8) is 0 Å². The number of amides is 1. The third-order valence-corrected chi connectivity index (χ3v) is 3.88. The Balaban J connectivity index is 1.63. The fourth-order valence-corrected chi connectivity index (χ4v) is 2.65. The maximum absolute atomic E-state index is 12.3. The largest absolute Gasteiger partial charge is 0.351 e. The van der Waals surface area contributed by atoms with Gasteiger partial charge in [-0.1, -0.05) is 17.7 Å². The predicted octanol–water partition coefficient (Wildman–Crippen LogP) is 2.85. The van der Waals surface area contributed by atoms with E-state index < -0.39 is 0 Å². The summed E-state index contributed by atoms with van der Waals surface area (Å²) in [6.07, 6.45) is 4.50. The molecular weight excluding hydrogens is 300 g/mol. The minimum atomic E-state index is -0.0738. The molecule has 0 bridgehead atoms. The molecule has 3 rings (SSSR count). The van der Waals surface area contributed by atoms with Crippen LogP contribution in [0.15, 0.2) is 42.7 Å². The van der Waals surface area contributed by atoms with Gasteiger partial charge < -0.3 is 9.88 Å². The summed E-state index contributed by atoms with van der Waals surface area (Å²) < 4.78 is 3.72. The van der Waals surface area contributed by atoms with E-state index in [1.54, 1.807) is 6.20 Å². The molecule has 2 heterocycles. The number of hydrogen-bond donors (Lipinski definition) is 1. The molecule has 5 nitrogen and oxygen atoms in total. The van der Waals surface area contributed by atoms with Crippen LogP contribution in [0.3, 0.4) is 0 Å². The lowest BCUT2D eigenvalue weighted by atomic mass is 10.2. The Morgan fingerprint density at radius 2 is 2.23 bits per heavy atom. The highest BCUT2D eigenvalue weighted by Gasteiger charge is 2.13. The number of rotatable bonds is 5. The Hall–Kier alpha value is -2.27. The van der Waals surface area contributed by atoms with Crippen molar-refractivity contribution in [2.75, 3.05) is 6.54 Å². The third-order valence-electron chi connectivity index (χ3n) is 3.65. The summed E-state index contributed by atoms with van der Waals surface area (Å²) in [5.74, 6) is -0.0738. The van der Waals surface area contributed by atoms with Gasteiger partial charge in [0.05, 0.1) is 0 Å². The van der Waals surface area contributed by atoms with Gasteiger partial charge >= 0.3 is 0 Å². The Kier molecular flexibility index (Phi) is 4.15. The van der Waals surface area contributed by atoms with E-state index in [4.69, 9.17) is 11.6 Å². The number of hydrogen-bond acceptors (Lipinski definition) is 2. The Labute approximate surface area is 133 Å². The SMILES string of the molecule is Cn1c(C(=O)NCCCn2cccn2)cc2ccc(Cl)cc21. The van der Waals surface area contributed by atoms with Crippen LogP contribution in [0.4, 0.5) is 0 Å². The van der Waals surface area contributed by atoms with Crippen LogP contribution < -0.4 is 5.32 Å². The Morgan fingerprint density at radius 3 is 3.00 bits per heavy atom. The van der Waals surface area contributed by atoms with E-state index in [2.05, 4.69) is 10.4 Å². The Bertz CT molecular complexity index is 792. The number of aryl methyl sites for hydroxylation is 2. The molecular formula is C16H17ClN4O. The molecule has 22 heavy (non-hydrogen) atoms. The second kappa shape index (κ2) is 6.23. The van der Waals surface area contributed by atoms with Crippen LogP contribution in [0.1, 0.15) is 16.9 Å². The maximum Gasteiger partial charge on any atom is 0.267 e. The molecule has 0 atom stereocenters. The zero-order valence-electron chi connectivity index (χ0n) is 12.3. The smallest absolute Gasteiger partial charge is 0.267 e. The van der Waals surface area contributed by atoms with Gasteiger partial charge in [-0.25, -0.2) is 0 Å². The van der Waals surface area contributed by atoms with Crippen molar-refractivity contribution in [1.82, 2.24) is 19.7 Å². The van der Waals surface area contributed by atoms with Gasteiger partial charge in [0.15, 0.2) is 0 Å². The van der Waals surface area contributed by atoms with E-state index >= 15 is 0 Å². The van der Waals surface area contributed by atoms with Crippen molar-refractivity contribution in [2.24, 2.45) is 7.05 Å². The summed E-state index contributed by atoms with van der Waals surface area (Å²) in [5, 5.41) is 8.75. The van der Waals surface area contributed by atoms with Gasteiger partial charge in [0.1, 0.15) is 5.69 Å². The highest BCUT2D eigenvalue weighted by Crippen LogP contribution is 2.22. The van der Waals surface area contributed by atoms with Crippen LogP contribution in [-0.2, 0) is 13.6 Å². The molecule has 1 amide bonds. The van der Waals surface area contributed by atoms with Crippen molar-refractivity contribution in [3.05, 3.63) is 53.4 Å². The van der Waals surface area contributed by atoms with Crippen molar-refractivity contribution in [1.29, 1.82) is 0 Å². The highest BCUT2D eigenvalue weighted by molar-refractivity contribution is 6.31. The topological polar surface area (TPSA) is 51.9 Å². The lowest BCUT2D eigenvalue weighted by Crippen LogP contribution is -2.27. The van der Waals surface area contributed by atoms with Gasteiger partial charge in [-0.3, -0.25) is 9.48 Å². The van der Waals surface area contributed by atoms with E-state index in [0.717, 1.165) is 23.9 Å². The number of aromatic nitrogens is 3. The first-order valence-electron chi connectivity index (χ1n) is 7.16. The number of nitrogens with zero attached hydrogens (tertiary/aromatic N) is 3. The van der Waals surface area contributed by atoms with Crippen molar-refractivity contribution >= 4 is 28.4 Å². The second-order valence-corrected chi connectivity index (χ2v) is 5.61. The van der Waals surface area contributed by atoms with Crippen LogP contribution in [0.25, 0.3) is 10.9 Å². The van der Waals surface area contributed by atoms with E-state index in [1.807, 2.05) is 52.8 Å². The molecule has 0 aliphatic rings. The van der Waals surface area contributed by atoms with Gasteiger partial charge in [0, 0.05) is 48.5 Å². The zero-order chi connectivity index (χ0) is 15.5. The quantitative estimate of drug-likeness (QED) is 0.736. The summed E-state index contributed by atoms with van der Waals surface area (Å²) in [5.41, 5.74) is 1.59. The normalized spacial score (nSPS) is 11.0. The molecule has 0 fully saturated rings. The molecule has 0 spiro atoms. The molecule has 1 aromatic carbocycles. The molecule has 1 N–H and O–H groups in total. The summed E-state index contributed by atoms with van der Waals surface area (Å²) in [4.78, 5) is 12.3. The molecule has 0 radical (unpaired) electrons. The molecule has 0 saturated carbocycles. The molecule has 0 saturated heterocycles. The first-order chi connectivity index (χ1) is 10.6. The first-order valence-corrected chi connectivity index (χ1v) is 7.53. The van der Waals surface area contributed by atoms with Crippen molar-refractivity contribution in [3.8, 4) is 0 Å². The number of halogens is 1. The minimum absolute atomic E-state index is 0.0738. The van der Waals surface area contributed by atoms with E-state index in [-0.39, 0.29) is 5.91 Å². The van der Waals surface area contributed by atoms with E-state index in [9.17, 15) is 4.79 Å². The van der Waals surface area contributed by atoms with Gasteiger partial charge in [0.25, 0.3) is 5.91 Å². The van der Waals surface area contributed by atoms with Gasteiger partial charge in [-0.15, -0.1) is 0 Å². The molecule has 0 aliphatic heterocycles. The van der Waals surface area contributed by atoms with Crippen LogP contribution in [0.2, 0.25) is 5.02 Å². The summed E-state index contributed by atoms with van der Waals surface area (Å²) in [6.45, 7) is 1.40. The average Bonchev–Trinajstić information content (AvgIpc) is 3.12. The summed E-state index contributed by atoms with van der Waals surface area (Å²) in [6, 6.07) is 9.39. The number of carbonyl (C=O) groups excluding carboxylic acids is 1. The summed E-state index contributed by atoms with van der Waals surface area (Å²) in [7, 11) is 1.87. The third kappa shape index (κ3) is 2.99. The predicted molar refractivity (Wildman–Crippen MR) is 87.1 cm³/mol. The van der Waals surface area contributed by atoms with Crippen LogP contribution in [0.5, 0.6) is 0 Å². The summed E-state index contributed by atoms with van der Waals surface area (Å²) >= 11 is 6.01. The molecule has 0 unspecified atom stereocenters. The monoisotopic (exact) mass is 316 g/mol. The first kappa shape index (κ1) is 14.7. The fraction of sp³-hybridized carbons (Fsp3) is 0.250. The number of carbonyl (C=O) groups is 1. The number of nitrogens with one attached hydrogen (secondary N) is 1. The van der Waals surface area contributed by atoms with Crippen molar-refractivity contribution < 1.29 is 4.79 Å². The van der Waals surface area contributed by atoms with Gasteiger partial charge in [0.2, 0.25) is 0 Å². The minimum Gasteiger partial charge on any atom is -0.351 e. The van der Waals surface area contributed by atoms with Gasteiger partial charge in [-0.2, -0.15) is 5.10 Å². The molecule has 3 aromatic rings. The maximum atomic E-state index is 12.3. The molecule has 114 valence electrons. The van der Waals surface area contributed by atoms with Crippen LogP contribution in [0, 0.1) is 0 Å². The van der Waals surface area contributed by atoms with Crippen molar-refractivity contribution in [2.45, 2.75) is 13.0 Å². The molecule has 2 aromatic heterocycles. The van der Waals surface area contributed by atoms with E-state index in [0.29, 0.717) is 17.3 Å². The van der Waals surface area contributed by atoms with Crippen LogP contribution in [-0.4, -0.2) is 26.8 Å². The lowest BCUT2D eigenvalue weighted by molar-refractivity contribution is 0.0945. The molecule has 0 aliphatic carbocycles. The number of benzene rings is 1. The average molecular weight is 317 g/mol.